The molecule has 0 saturated heterocycles. The van der Waals surface area contributed by atoms with Crippen LogP contribution in [0.4, 0.5) is 17.2 Å². The van der Waals surface area contributed by atoms with Crippen LogP contribution in [0.5, 0.6) is 5.75 Å². The fraction of sp³-hybridized carbons (Fsp3) is 0.320. The van der Waals surface area contributed by atoms with Gasteiger partial charge in [-0.2, -0.15) is 0 Å². The number of amides is 1. The van der Waals surface area contributed by atoms with Crippen molar-refractivity contribution in [3.63, 3.8) is 0 Å². The Kier molecular flexibility index (Phi) is 5.83. The highest BCUT2D eigenvalue weighted by molar-refractivity contribution is 5.97. The largest absolute Gasteiger partial charge is 0.493 e. The Bertz CT molecular complexity index is 1180. The summed E-state index contributed by atoms with van der Waals surface area (Å²) in [5.74, 6) is 0.931. The van der Waals surface area contributed by atoms with Crippen LogP contribution in [-0.4, -0.2) is 34.6 Å². The van der Waals surface area contributed by atoms with Crippen LogP contribution in [0.1, 0.15) is 41.7 Å². The summed E-state index contributed by atoms with van der Waals surface area (Å²) in [7, 11) is 0. The van der Waals surface area contributed by atoms with E-state index in [1.165, 1.54) is 5.56 Å². The van der Waals surface area contributed by atoms with Gasteiger partial charge in [-0.05, 0) is 54.8 Å². The molecule has 2 atom stereocenters. The van der Waals surface area contributed by atoms with Crippen LogP contribution in [-0.2, 0) is 6.42 Å². The zero-order valence-electron chi connectivity index (χ0n) is 18.4. The van der Waals surface area contributed by atoms with Crippen LogP contribution in [0.3, 0.4) is 0 Å². The van der Waals surface area contributed by atoms with Crippen molar-refractivity contribution in [1.82, 2.24) is 9.97 Å². The van der Waals surface area contributed by atoms with Gasteiger partial charge in [-0.15, -0.1) is 0 Å². The van der Waals surface area contributed by atoms with Gasteiger partial charge in [-0.25, -0.2) is 9.97 Å². The zero-order chi connectivity index (χ0) is 22.8. The summed E-state index contributed by atoms with van der Waals surface area (Å²) in [5, 5.41) is 6.71. The van der Waals surface area contributed by atoms with Crippen LogP contribution in [0.25, 0.3) is 11.3 Å². The van der Waals surface area contributed by atoms with Crippen molar-refractivity contribution in [3.8, 4) is 17.0 Å². The minimum Gasteiger partial charge on any atom is -0.493 e. The van der Waals surface area contributed by atoms with E-state index in [0.717, 1.165) is 54.8 Å². The molecule has 8 nitrogen and oxygen atoms in total. The maximum atomic E-state index is 12.0. The maximum absolute atomic E-state index is 12.0. The van der Waals surface area contributed by atoms with Crippen molar-refractivity contribution in [3.05, 3.63) is 59.9 Å². The highest BCUT2D eigenvalue weighted by atomic mass is 16.5. The van der Waals surface area contributed by atoms with Crippen molar-refractivity contribution in [1.29, 1.82) is 0 Å². The lowest BCUT2D eigenvalue weighted by Crippen LogP contribution is -2.42. The third-order valence-electron chi connectivity index (χ3n) is 6.29. The quantitative estimate of drug-likeness (QED) is 0.457. The van der Waals surface area contributed by atoms with Crippen molar-refractivity contribution >= 4 is 23.1 Å². The number of benzene rings is 1. The summed E-state index contributed by atoms with van der Waals surface area (Å²) >= 11 is 0. The number of pyridine rings is 2. The maximum Gasteiger partial charge on any atom is 0.269 e. The number of hydrogen-bond donors (Lipinski definition) is 4. The standard InChI is InChI=1S/C25H28N6O2/c26-18-4-1-2-5-20(18)29-17-13-21(24(25(27)32)28-14-17)31-23-7-3-6-19(30-23)15-8-9-22-16(12-15)10-11-33-22/h3,6-9,12-14,18,20,29H,1-2,4-5,10-11,26H2,(H2,27,32)(H,30,31)/t18-,20+/m0/s1. The topological polar surface area (TPSA) is 128 Å². The Hall–Kier alpha value is -3.65. The Balaban J connectivity index is 1.41. The van der Waals surface area contributed by atoms with E-state index in [9.17, 15) is 4.79 Å². The lowest BCUT2D eigenvalue weighted by atomic mass is 9.91. The van der Waals surface area contributed by atoms with Crippen LogP contribution >= 0.6 is 0 Å². The highest BCUT2D eigenvalue weighted by Crippen LogP contribution is 2.31. The summed E-state index contributed by atoms with van der Waals surface area (Å²) in [6.07, 6.45) is 6.85. The van der Waals surface area contributed by atoms with Gasteiger partial charge in [0.2, 0.25) is 0 Å². The van der Waals surface area contributed by atoms with Crippen molar-refractivity contribution < 1.29 is 9.53 Å². The van der Waals surface area contributed by atoms with Gasteiger partial charge in [0.25, 0.3) is 5.91 Å². The summed E-state index contributed by atoms with van der Waals surface area (Å²) in [5.41, 5.74) is 16.3. The van der Waals surface area contributed by atoms with E-state index in [1.807, 2.05) is 36.4 Å². The molecule has 1 aromatic carbocycles. The molecule has 6 N–H and O–H groups in total. The van der Waals surface area contributed by atoms with Gasteiger partial charge >= 0.3 is 0 Å². The van der Waals surface area contributed by atoms with Crippen LogP contribution in [0.15, 0.2) is 48.7 Å². The molecule has 5 rings (SSSR count). The molecule has 170 valence electrons. The molecule has 0 unspecified atom stereocenters. The average molecular weight is 445 g/mol. The first kappa shape index (κ1) is 21.2. The molecule has 33 heavy (non-hydrogen) atoms. The van der Waals surface area contributed by atoms with Gasteiger partial charge in [0.1, 0.15) is 11.6 Å². The summed E-state index contributed by atoms with van der Waals surface area (Å²) in [6.45, 7) is 0.715. The van der Waals surface area contributed by atoms with E-state index >= 15 is 0 Å². The molecule has 0 spiro atoms. The number of fused-ring (bicyclic) bond motifs is 1. The SMILES string of the molecule is NC(=O)c1ncc(N[C@@H]2CCCC[C@@H]2N)cc1Nc1cccc(-c2ccc3c(c2)CCO3)n1. The minimum absolute atomic E-state index is 0.0991. The van der Waals surface area contributed by atoms with E-state index in [4.69, 9.17) is 21.2 Å². The minimum atomic E-state index is -0.604. The predicted molar refractivity (Wildman–Crippen MR) is 129 cm³/mol. The predicted octanol–water partition coefficient (Wildman–Crippen LogP) is 3.60. The second kappa shape index (κ2) is 9.07. The molecule has 8 heteroatoms. The molecule has 3 aromatic rings. The Morgan fingerprint density at radius 1 is 1.12 bits per heavy atom. The van der Waals surface area contributed by atoms with E-state index in [-0.39, 0.29) is 17.8 Å². The first-order valence-electron chi connectivity index (χ1n) is 11.4. The number of hydrogen-bond acceptors (Lipinski definition) is 7. The van der Waals surface area contributed by atoms with Gasteiger partial charge in [0.05, 0.1) is 29.9 Å². The monoisotopic (exact) mass is 444 g/mol. The number of carbonyl (C=O) groups excluding carboxylic acids is 1. The van der Waals surface area contributed by atoms with Gasteiger partial charge in [0, 0.05) is 24.1 Å². The van der Waals surface area contributed by atoms with Gasteiger partial charge in [-0.1, -0.05) is 18.9 Å². The zero-order valence-corrected chi connectivity index (χ0v) is 18.4. The van der Waals surface area contributed by atoms with Gasteiger partial charge in [-0.3, -0.25) is 4.79 Å². The summed E-state index contributed by atoms with van der Waals surface area (Å²) in [6, 6.07) is 14.0. The Morgan fingerprint density at radius 2 is 2.00 bits per heavy atom. The van der Waals surface area contributed by atoms with Crippen LogP contribution < -0.4 is 26.8 Å². The molecular formula is C25H28N6O2. The number of rotatable bonds is 6. The molecule has 1 saturated carbocycles. The van der Waals surface area contributed by atoms with Crippen molar-refractivity contribution in [2.45, 2.75) is 44.2 Å². The van der Waals surface area contributed by atoms with E-state index < -0.39 is 5.91 Å². The molecule has 0 radical (unpaired) electrons. The second-order valence-corrected chi connectivity index (χ2v) is 8.64. The second-order valence-electron chi connectivity index (χ2n) is 8.64. The normalized spacial score (nSPS) is 19.4. The van der Waals surface area contributed by atoms with E-state index in [0.29, 0.717) is 18.1 Å². The molecule has 0 bridgehead atoms. The van der Waals surface area contributed by atoms with Crippen LogP contribution in [0, 0.1) is 0 Å². The lowest BCUT2D eigenvalue weighted by Gasteiger charge is -2.30. The molecule has 2 aromatic heterocycles. The summed E-state index contributed by atoms with van der Waals surface area (Å²) < 4.78 is 5.60. The van der Waals surface area contributed by atoms with Crippen molar-refractivity contribution in [2.24, 2.45) is 11.5 Å². The van der Waals surface area contributed by atoms with Gasteiger partial charge < -0.3 is 26.8 Å². The molecule has 1 amide bonds. The third-order valence-corrected chi connectivity index (χ3v) is 6.29. The lowest BCUT2D eigenvalue weighted by molar-refractivity contribution is 0.0996. The highest BCUT2D eigenvalue weighted by Gasteiger charge is 2.22. The Labute approximate surface area is 192 Å². The molecular weight excluding hydrogens is 416 g/mol. The number of nitrogens with one attached hydrogen (secondary N) is 2. The average Bonchev–Trinajstić information content (AvgIpc) is 3.29. The number of primary amides is 1. The first-order valence-corrected chi connectivity index (χ1v) is 11.4. The third kappa shape index (κ3) is 4.61. The number of nitrogens with zero attached hydrogens (tertiary/aromatic N) is 2. The molecule has 1 aliphatic heterocycles. The number of ether oxygens (including phenoxy) is 1. The number of anilines is 3. The fourth-order valence-electron chi connectivity index (χ4n) is 4.54. The number of nitrogens with two attached hydrogens (primary N) is 2. The molecule has 3 heterocycles. The number of aromatic nitrogens is 2. The fourth-order valence-corrected chi connectivity index (χ4v) is 4.54. The van der Waals surface area contributed by atoms with E-state index in [1.54, 1.807) is 6.20 Å². The molecule has 1 aliphatic carbocycles. The van der Waals surface area contributed by atoms with Gasteiger partial charge in [0.15, 0.2) is 5.69 Å². The van der Waals surface area contributed by atoms with Crippen LogP contribution in [0.2, 0.25) is 0 Å². The smallest absolute Gasteiger partial charge is 0.269 e. The molecule has 2 aliphatic rings. The Morgan fingerprint density at radius 3 is 2.85 bits per heavy atom. The molecule has 1 fully saturated rings. The van der Waals surface area contributed by atoms with E-state index in [2.05, 4.69) is 21.7 Å². The number of carbonyl (C=O) groups is 1. The van der Waals surface area contributed by atoms with Crippen molar-refractivity contribution in [2.75, 3.05) is 17.2 Å². The summed E-state index contributed by atoms with van der Waals surface area (Å²) in [4.78, 5) is 21.1. The first-order chi connectivity index (χ1) is 16.1.